The van der Waals surface area contributed by atoms with Crippen molar-refractivity contribution in [1.29, 1.82) is 0 Å². The first-order valence-electron chi connectivity index (χ1n) is 1.11. The van der Waals surface area contributed by atoms with Gasteiger partial charge in [-0.05, 0) is 0 Å². The van der Waals surface area contributed by atoms with Gasteiger partial charge >= 0.3 is 39.2 Å². The molecular formula is C2H4O4PbTi. The summed E-state index contributed by atoms with van der Waals surface area (Å²) in [4.78, 5) is 18.2. The van der Waals surface area contributed by atoms with Gasteiger partial charge in [0.05, 0.1) is 0 Å². The molecule has 0 saturated carbocycles. The van der Waals surface area contributed by atoms with Crippen LogP contribution in [0.25, 0.3) is 0 Å². The third-order valence-electron chi connectivity index (χ3n) is 0.183. The SMILES string of the molecule is O=C(O)C(=O)O.[PbH2].[Ti]. The van der Waals surface area contributed by atoms with Gasteiger partial charge in [-0.3, -0.25) is 0 Å². The zero-order valence-electron chi connectivity index (χ0n) is 3.92. The van der Waals surface area contributed by atoms with Crippen molar-refractivity contribution in [2.24, 2.45) is 0 Å². The fourth-order valence-corrected chi connectivity index (χ4v) is 0. The van der Waals surface area contributed by atoms with Crippen molar-refractivity contribution >= 4 is 39.2 Å². The predicted octanol–water partition coefficient (Wildman–Crippen LogP) is -1.76. The van der Waals surface area contributed by atoms with Crippen LogP contribution in [0.15, 0.2) is 0 Å². The van der Waals surface area contributed by atoms with Crippen LogP contribution in [0, 0.1) is 0 Å². The summed E-state index contributed by atoms with van der Waals surface area (Å²) in [6, 6.07) is 0. The molecule has 8 heavy (non-hydrogen) atoms. The van der Waals surface area contributed by atoms with E-state index in [1.807, 2.05) is 0 Å². The molecule has 2 radical (unpaired) electrons. The summed E-state index contributed by atoms with van der Waals surface area (Å²) in [6.07, 6.45) is 0. The maximum atomic E-state index is 9.10. The second-order valence-electron chi connectivity index (χ2n) is 0.610. The van der Waals surface area contributed by atoms with E-state index >= 15 is 0 Å². The third-order valence-corrected chi connectivity index (χ3v) is 0.183. The summed E-state index contributed by atoms with van der Waals surface area (Å²) < 4.78 is 0. The van der Waals surface area contributed by atoms with Crippen LogP contribution in [0.2, 0.25) is 0 Å². The van der Waals surface area contributed by atoms with E-state index < -0.39 is 11.9 Å². The van der Waals surface area contributed by atoms with Crippen molar-refractivity contribution in [3.05, 3.63) is 0 Å². The smallest absolute Gasteiger partial charge is 0 e. The molecule has 0 unspecified atom stereocenters. The third kappa shape index (κ3) is 9.76. The van der Waals surface area contributed by atoms with Crippen LogP contribution < -0.4 is 0 Å². The maximum absolute atomic E-state index is 9.10. The van der Waals surface area contributed by atoms with Crippen molar-refractivity contribution in [2.45, 2.75) is 0 Å². The number of carboxylic acids is 2. The monoisotopic (exact) mass is 348 g/mol. The molecule has 0 aromatic carbocycles. The van der Waals surface area contributed by atoms with Crippen LogP contribution in [0.5, 0.6) is 0 Å². The fourth-order valence-electron chi connectivity index (χ4n) is 0. The van der Waals surface area contributed by atoms with Crippen LogP contribution in [-0.4, -0.2) is 49.5 Å². The Bertz CT molecular complexity index is 80.0. The largest absolute Gasteiger partial charge is 0 e. The summed E-state index contributed by atoms with van der Waals surface area (Å²) in [5.41, 5.74) is 0. The molecule has 0 aromatic rings. The Morgan fingerprint density at radius 2 is 1.12 bits per heavy atom. The molecule has 0 aliphatic rings. The average molecular weight is 347 g/mol. The topological polar surface area (TPSA) is 74.6 Å². The van der Waals surface area contributed by atoms with E-state index in [2.05, 4.69) is 0 Å². The second-order valence-corrected chi connectivity index (χ2v) is 0.610. The van der Waals surface area contributed by atoms with Gasteiger partial charge < -0.3 is 10.2 Å². The van der Waals surface area contributed by atoms with Gasteiger partial charge in [0.15, 0.2) is 0 Å². The second kappa shape index (κ2) is 7.58. The van der Waals surface area contributed by atoms with E-state index in [1.54, 1.807) is 0 Å². The van der Waals surface area contributed by atoms with E-state index in [9.17, 15) is 0 Å². The van der Waals surface area contributed by atoms with Crippen LogP contribution in [-0.2, 0) is 31.3 Å². The Morgan fingerprint density at radius 1 is 1.00 bits per heavy atom. The van der Waals surface area contributed by atoms with Crippen molar-refractivity contribution in [1.82, 2.24) is 0 Å². The number of aliphatic carboxylic acids is 2. The van der Waals surface area contributed by atoms with Crippen molar-refractivity contribution in [2.75, 3.05) is 0 Å². The van der Waals surface area contributed by atoms with Gasteiger partial charge in [-0.25, -0.2) is 9.59 Å². The van der Waals surface area contributed by atoms with E-state index in [4.69, 9.17) is 19.8 Å². The van der Waals surface area contributed by atoms with Gasteiger partial charge in [-0.1, -0.05) is 0 Å². The first-order chi connectivity index (χ1) is 2.64. The predicted molar refractivity (Wildman–Crippen MR) is 23.8 cm³/mol. The van der Waals surface area contributed by atoms with Gasteiger partial charge in [-0.2, -0.15) is 0 Å². The minimum Gasteiger partial charge on any atom is 0 e. The molecule has 6 heteroatoms. The molecule has 0 fully saturated rings. The molecule has 0 aliphatic heterocycles. The summed E-state index contributed by atoms with van der Waals surface area (Å²) in [6.45, 7) is 0. The van der Waals surface area contributed by atoms with Gasteiger partial charge in [-0.15, -0.1) is 0 Å². The summed E-state index contributed by atoms with van der Waals surface area (Å²) in [7, 11) is 0. The van der Waals surface area contributed by atoms with Crippen molar-refractivity contribution < 1.29 is 41.5 Å². The Kier molecular flexibility index (Phi) is 15.0. The van der Waals surface area contributed by atoms with Gasteiger partial charge in [0.2, 0.25) is 0 Å². The number of rotatable bonds is 0. The van der Waals surface area contributed by atoms with Crippen molar-refractivity contribution in [3.8, 4) is 0 Å². The molecule has 2 N–H and O–H groups in total. The van der Waals surface area contributed by atoms with Crippen LogP contribution in [0.1, 0.15) is 0 Å². The molecule has 0 atom stereocenters. The molecule has 0 aliphatic carbocycles. The molecule has 0 amide bonds. The molecule has 0 bridgehead atoms. The molecule has 44 valence electrons. The van der Waals surface area contributed by atoms with Gasteiger partial charge in [0.25, 0.3) is 0 Å². The number of hydrogen-bond acceptors (Lipinski definition) is 2. The zero-order valence-corrected chi connectivity index (χ0v) is 11.0. The Balaban J connectivity index is -0.000000125. The number of carboxylic acid groups (broad SMARTS) is 2. The zero-order chi connectivity index (χ0) is 5.15. The Hall–Kier alpha value is 0.576. The number of carbonyl (C=O) groups is 2. The molecule has 0 spiro atoms. The van der Waals surface area contributed by atoms with Crippen molar-refractivity contribution in [3.63, 3.8) is 0 Å². The Labute approximate surface area is 80.3 Å². The van der Waals surface area contributed by atoms with Crippen LogP contribution >= 0.6 is 0 Å². The van der Waals surface area contributed by atoms with Gasteiger partial charge in [0, 0.05) is 21.7 Å². The molecule has 0 saturated heterocycles. The minimum absolute atomic E-state index is 0. The van der Waals surface area contributed by atoms with Crippen LogP contribution in [0.4, 0.5) is 0 Å². The minimum atomic E-state index is -1.82. The average Bonchev–Trinajstić information content (AvgIpc) is 1.36. The first kappa shape index (κ1) is 15.8. The Morgan fingerprint density at radius 3 is 1.12 bits per heavy atom. The quantitative estimate of drug-likeness (QED) is 0.402. The van der Waals surface area contributed by atoms with E-state index in [-0.39, 0.29) is 49.0 Å². The van der Waals surface area contributed by atoms with Crippen LogP contribution in [0.3, 0.4) is 0 Å². The summed E-state index contributed by atoms with van der Waals surface area (Å²) in [5.74, 6) is -3.65. The van der Waals surface area contributed by atoms with Gasteiger partial charge in [0.1, 0.15) is 0 Å². The molecule has 0 rings (SSSR count). The summed E-state index contributed by atoms with van der Waals surface area (Å²) >= 11 is 0. The van der Waals surface area contributed by atoms with E-state index in [0.29, 0.717) is 0 Å². The molecular weight excluding hydrogens is 343 g/mol. The van der Waals surface area contributed by atoms with E-state index in [0.717, 1.165) is 0 Å². The molecule has 0 heterocycles. The normalized spacial score (nSPS) is 5.50. The summed E-state index contributed by atoms with van der Waals surface area (Å²) in [5, 5.41) is 14.8. The molecule has 0 aromatic heterocycles. The fraction of sp³-hybridized carbons (Fsp3) is 0. The first-order valence-corrected chi connectivity index (χ1v) is 1.11. The standard InChI is InChI=1S/C2H2O4.Pb.Ti.2H/c3-1(4)2(5)6;;;;/h(H,3,4)(H,5,6);;;;. The maximum Gasteiger partial charge on any atom is 0 e. The van der Waals surface area contributed by atoms with E-state index in [1.165, 1.54) is 0 Å². The molecule has 4 nitrogen and oxygen atoms in total. The number of hydrogen-bond donors (Lipinski definition) is 2.